The van der Waals surface area contributed by atoms with Crippen LogP contribution in [0.2, 0.25) is 0 Å². The Kier molecular flexibility index (Phi) is 1.58. The molecule has 64 valence electrons. The minimum Gasteiger partial charge on any atom is -0.307 e. The molecular formula is C8H6F3N. The van der Waals surface area contributed by atoms with Crippen molar-refractivity contribution in [3.63, 3.8) is 0 Å². The van der Waals surface area contributed by atoms with Crippen molar-refractivity contribution in [2.24, 2.45) is 0 Å². The molecule has 0 aliphatic carbocycles. The molecule has 4 heteroatoms. The van der Waals surface area contributed by atoms with E-state index in [2.05, 4.69) is 5.32 Å². The predicted molar refractivity (Wildman–Crippen MR) is 37.1 cm³/mol. The summed E-state index contributed by atoms with van der Waals surface area (Å²) in [5.41, 5.74) is 0.203. The van der Waals surface area contributed by atoms with Gasteiger partial charge in [-0.1, -0.05) is 6.07 Å². The highest BCUT2D eigenvalue weighted by molar-refractivity contribution is 5.26. The summed E-state index contributed by atoms with van der Waals surface area (Å²) in [6, 6.07) is 2.06. The van der Waals surface area contributed by atoms with Crippen molar-refractivity contribution < 1.29 is 13.2 Å². The molecule has 1 saturated heterocycles. The average Bonchev–Trinajstić information content (AvgIpc) is 2.84. The first-order valence-corrected chi connectivity index (χ1v) is 3.57. The van der Waals surface area contributed by atoms with Crippen molar-refractivity contribution in [1.29, 1.82) is 0 Å². The summed E-state index contributed by atoms with van der Waals surface area (Å²) in [5.74, 6) is -3.61. The van der Waals surface area contributed by atoms with Gasteiger partial charge in [0.05, 0.1) is 0 Å². The number of hydrogen-bond donors (Lipinski definition) is 1. The summed E-state index contributed by atoms with van der Waals surface area (Å²) in [6.07, 6.45) is 0. The normalized spacial score (nSPS) is 21.1. The van der Waals surface area contributed by atoms with Gasteiger partial charge >= 0.3 is 0 Å². The zero-order valence-corrected chi connectivity index (χ0v) is 6.07. The van der Waals surface area contributed by atoms with Gasteiger partial charge in [0.2, 0.25) is 0 Å². The molecule has 0 amide bonds. The summed E-state index contributed by atoms with van der Waals surface area (Å²) in [4.78, 5) is 0. The fourth-order valence-corrected chi connectivity index (χ4v) is 1.09. The molecule has 1 nitrogen and oxygen atoms in total. The van der Waals surface area contributed by atoms with E-state index in [-0.39, 0.29) is 11.6 Å². The minimum absolute atomic E-state index is 0.139. The zero-order valence-electron chi connectivity index (χ0n) is 6.07. The van der Waals surface area contributed by atoms with Gasteiger partial charge in [-0.3, -0.25) is 0 Å². The minimum atomic E-state index is -1.39. The van der Waals surface area contributed by atoms with Crippen LogP contribution in [-0.4, -0.2) is 6.54 Å². The number of rotatable bonds is 1. The number of halogens is 3. The maximum Gasteiger partial charge on any atom is 0.194 e. The van der Waals surface area contributed by atoms with Crippen molar-refractivity contribution in [2.75, 3.05) is 6.54 Å². The number of hydrogen-bond acceptors (Lipinski definition) is 1. The molecule has 1 aliphatic rings. The summed E-state index contributed by atoms with van der Waals surface area (Å²) in [7, 11) is 0. The van der Waals surface area contributed by atoms with Crippen molar-refractivity contribution in [2.45, 2.75) is 6.04 Å². The molecule has 0 bridgehead atoms. The number of benzene rings is 1. The summed E-state index contributed by atoms with van der Waals surface area (Å²) in [5, 5.41) is 2.81. The van der Waals surface area contributed by atoms with E-state index in [1.807, 2.05) is 0 Å². The van der Waals surface area contributed by atoms with Crippen LogP contribution in [0.4, 0.5) is 13.2 Å². The number of nitrogens with one attached hydrogen (secondary N) is 1. The van der Waals surface area contributed by atoms with Crippen LogP contribution in [0.25, 0.3) is 0 Å². The van der Waals surface area contributed by atoms with Crippen LogP contribution in [0.3, 0.4) is 0 Å². The first-order chi connectivity index (χ1) is 5.70. The third-order valence-electron chi connectivity index (χ3n) is 1.85. The predicted octanol–water partition coefficient (Wildman–Crippen LogP) is 1.75. The lowest BCUT2D eigenvalue weighted by atomic mass is 10.1. The highest BCUT2D eigenvalue weighted by Crippen LogP contribution is 2.26. The van der Waals surface area contributed by atoms with E-state index in [9.17, 15) is 13.2 Å². The van der Waals surface area contributed by atoms with Crippen LogP contribution < -0.4 is 5.32 Å². The Morgan fingerprint density at radius 1 is 1.17 bits per heavy atom. The molecule has 1 aliphatic heterocycles. The Morgan fingerprint density at radius 3 is 2.42 bits per heavy atom. The van der Waals surface area contributed by atoms with Gasteiger partial charge in [0.25, 0.3) is 0 Å². The second-order valence-corrected chi connectivity index (χ2v) is 2.73. The second kappa shape index (κ2) is 2.48. The quantitative estimate of drug-likeness (QED) is 0.507. The van der Waals surface area contributed by atoms with E-state index < -0.39 is 17.5 Å². The van der Waals surface area contributed by atoms with Gasteiger partial charge in [-0.15, -0.1) is 0 Å². The molecule has 1 fully saturated rings. The Bertz CT molecular complexity index is 320. The monoisotopic (exact) mass is 173 g/mol. The summed E-state index contributed by atoms with van der Waals surface area (Å²) >= 11 is 0. The van der Waals surface area contributed by atoms with Crippen molar-refractivity contribution in [1.82, 2.24) is 5.32 Å². The molecule has 1 aromatic rings. The van der Waals surface area contributed by atoms with Crippen molar-refractivity contribution >= 4 is 0 Å². The first kappa shape index (κ1) is 7.61. The fraction of sp³-hybridized carbons (Fsp3) is 0.250. The fourth-order valence-electron chi connectivity index (χ4n) is 1.09. The Balaban J connectivity index is 2.49. The van der Waals surface area contributed by atoms with Crippen LogP contribution in [0, 0.1) is 17.5 Å². The van der Waals surface area contributed by atoms with Gasteiger partial charge in [-0.25, -0.2) is 13.2 Å². The molecule has 0 unspecified atom stereocenters. The maximum absolute atomic E-state index is 12.9. The van der Waals surface area contributed by atoms with Crippen molar-refractivity contribution in [3.8, 4) is 0 Å². The molecular weight excluding hydrogens is 167 g/mol. The van der Waals surface area contributed by atoms with Gasteiger partial charge in [0.1, 0.15) is 0 Å². The summed E-state index contributed by atoms with van der Waals surface area (Å²) in [6.45, 7) is 0.627. The Morgan fingerprint density at radius 2 is 1.83 bits per heavy atom. The Hall–Kier alpha value is -1.03. The lowest BCUT2D eigenvalue weighted by Gasteiger charge is -2.00. The molecule has 1 aromatic carbocycles. The van der Waals surface area contributed by atoms with E-state index >= 15 is 0 Å². The second-order valence-electron chi connectivity index (χ2n) is 2.73. The van der Waals surface area contributed by atoms with Gasteiger partial charge in [0.15, 0.2) is 17.5 Å². The molecule has 0 aromatic heterocycles. The molecule has 12 heavy (non-hydrogen) atoms. The molecule has 1 N–H and O–H groups in total. The average molecular weight is 173 g/mol. The van der Waals surface area contributed by atoms with E-state index in [1.165, 1.54) is 6.07 Å². The van der Waals surface area contributed by atoms with Crippen LogP contribution in [0.1, 0.15) is 11.6 Å². The SMILES string of the molecule is Fc1ccc([C@H]2CN2)c(F)c1F. The van der Waals surface area contributed by atoms with Crippen LogP contribution >= 0.6 is 0 Å². The van der Waals surface area contributed by atoms with E-state index in [1.54, 1.807) is 0 Å². The highest BCUT2D eigenvalue weighted by Gasteiger charge is 2.27. The smallest absolute Gasteiger partial charge is 0.194 e. The molecule has 1 atom stereocenters. The summed E-state index contributed by atoms with van der Waals surface area (Å²) < 4.78 is 37.9. The maximum atomic E-state index is 12.9. The van der Waals surface area contributed by atoms with Gasteiger partial charge < -0.3 is 5.32 Å². The highest BCUT2D eigenvalue weighted by atomic mass is 19.2. The molecule has 0 radical (unpaired) electrons. The topological polar surface area (TPSA) is 21.9 Å². The third-order valence-corrected chi connectivity index (χ3v) is 1.85. The van der Waals surface area contributed by atoms with E-state index in [4.69, 9.17) is 0 Å². The van der Waals surface area contributed by atoms with Gasteiger partial charge in [-0.05, 0) is 6.07 Å². The van der Waals surface area contributed by atoms with E-state index in [0.29, 0.717) is 6.54 Å². The van der Waals surface area contributed by atoms with Gasteiger partial charge in [0, 0.05) is 18.2 Å². The van der Waals surface area contributed by atoms with Gasteiger partial charge in [-0.2, -0.15) is 0 Å². The van der Waals surface area contributed by atoms with Crippen LogP contribution in [0.15, 0.2) is 12.1 Å². The lowest BCUT2D eigenvalue weighted by molar-refractivity contribution is 0.441. The standard InChI is InChI=1S/C8H6F3N/c9-5-2-1-4(6-3-12-6)7(10)8(5)11/h1-2,6,12H,3H2/t6-/m1/s1. The van der Waals surface area contributed by atoms with Crippen LogP contribution in [0.5, 0.6) is 0 Å². The van der Waals surface area contributed by atoms with Crippen LogP contribution in [-0.2, 0) is 0 Å². The zero-order chi connectivity index (χ0) is 8.72. The Labute approximate surface area is 67.2 Å². The first-order valence-electron chi connectivity index (χ1n) is 3.57. The molecule has 2 rings (SSSR count). The molecule has 0 saturated carbocycles. The largest absolute Gasteiger partial charge is 0.307 e. The molecule has 0 spiro atoms. The molecule has 1 heterocycles. The lowest BCUT2D eigenvalue weighted by Crippen LogP contribution is -1.97. The van der Waals surface area contributed by atoms with E-state index in [0.717, 1.165) is 6.07 Å². The third kappa shape index (κ3) is 1.08. The van der Waals surface area contributed by atoms with Crippen molar-refractivity contribution in [3.05, 3.63) is 35.1 Å².